The number of ketones is 1. The van der Waals surface area contributed by atoms with Crippen LogP contribution in [-0.4, -0.2) is 71.9 Å². The van der Waals surface area contributed by atoms with Crippen molar-refractivity contribution in [3.63, 3.8) is 0 Å². The molecule has 0 unspecified atom stereocenters. The first kappa shape index (κ1) is 30.6. The Hall–Kier alpha value is -0.950. The van der Waals surface area contributed by atoms with Crippen molar-refractivity contribution in [3.8, 4) is 0 Å². The number of carbonyl (C=O) groups is 2. The predicted molar refractivity (Wildman–Crippen MR) is 153 cm³/mol. The minimum absolute atomic E-state index is 0.0625. The maximum absolute atomic E-state index is 13.3. The summed E-state index contributed by atoms with van der Waals surface area (Å²) < 4.78 is 13.1. The number of alkyl halides is 1. The van der Waals surface area contributed by atoms with Crippen molar-refractivity contribution in [2.24, 2.45) is 18.4 Å². The third-order valence-electron chi connectivity index (χ3n) is 7.98. The first-order valence-corrected chi connectivity index (χ1v) is 15.3. The van der Waals surface area contributed by atoms with E-state index in [-0.39, 0.29) is 29.8 Å². The van der Waals surface area contributed by atoms with Gasteiger partial charge < -0.3 is 19.7 Å². The molecule has 2 aliphatic rings. The van der Waals surface area contributed by atoms with Crippen LogP contribution in [0.3, 0.4) is 0 Å². The van der Waals surface area contributed by atoms with Gasteiger partial charge in [0.1, 0.15) is 6.10 Å². The number of carbonyl (C=O) groups excluding carboxylic acids is 2. The van der Waals surface area contributed by atoms with Crippen molar-refractivity contribution < 1.29 is 29.3 Å². The zero-order valence-electron chi connectivity index (χ0n) is 22.9. The SMILES string of the molecule is CSc1cc(/C=C(\C)[C@@H]2C[C@@H]3O[C@]3(C)CCC[C@H](C)[C@H](O)[C@@H](I)C(=O)C(C)(C)[C@@H](O)CC(=O)O2)nn1C. The van der Waals surface area contributed by atoms with Gasteiger partial charge in [0.25, 0.3) is 0 Å². The number of nitrogens with zero attached hydrogens (tertiary/aromatic N) is 2. The highest BCUT2D eigenvalue weighted by Crippen LogP contribution is 2.45. The number of aryl methyl sites for hydroxylation is 1. The van der Waals surface area contributed by atoms with E-state index in [9.17, 15) is 19.8 Å². The highest BCUT2D eigenvalue weighted by Gasteiger charge is 2.53. The number of epoxide rings is 1. The lowest BCUT2D eigenvalue weighted by molar-refractivity contribution is -0.153. The molecule has 1 aromatic rings. The maximum atomic E-state index is 13.3. The lowest BCUT2D eigenvalue weighted by Crippen LogP contribution is -2.47. The summed E-state index contributed by atoms with van der Waals surface area (Å²) >= 11 is 3.57. The first-order chi connectivity index (χ1) is 17.2. The standard InChI is InChI=1S/C27H41IN2O6S/c1-15-9-8-10-27(5)20(36-27)13-18(16(2)11-17-12-21(37-7)30(6)29-17)35-22(32)14-19(31)26(3,4)25(34)23(28)24(15)33/h11-12,15,18-20,23-24,31,33H,8-10,13-14H2,1-7H3/b16-11+/t15-,18-,19-,20-,23+,24-,27+/m0/s1. The number of fused-ring (bicyclic) bond motifs is 1. The fourth-order valence-corrected chi connectivity index (χ4v) is 6.97. The zero-order chi connectivity index (χ0) is 27.7. The van der Waals surface area contributed by atoms with E-state index in [0.29, 0.717) is 6.42 Å². The van der Waals surface area contributed by atoms with Crippen molar-refractivity contribution in [3.05, 3.63) is 17.3 Å². The van der Waals surface area contributed by atoms with Gasteiger partial charge >= 0.3 is 5.97 Å². The molecular weight excluding hydrogens is 607 g/mol. The molecule has 0 bridgehead atoms. The molecule has 0 aromatic carbocycles. The van der Waals surface area contributed by atoms with Gasteiger partial charge in [-0.15, -0.1) is 11.8 Å². The second kappa shape index (κ2) is 12.1. The number of esters is 1. The third kappa shape index (κ3) is 7.17. The van der Waals surface area contributed by atoms with Crippen molar-refractivity contribution >= 4 is 52.2 Å². The highest BCUT2D eigenvalue weighted by molar-refractivity contribution is 14.1. The molecule has 0 amide bonds. The van der Waals surface area contributed by atoms with Crippen molar-refractivity contribution in [2.75, 3.05) is 6.26 Å². The van der Waals surface area contributed by atoms with E-state index in [1.807, 2.05) is 66.6 Å². The quantitative estimate of drug-likeness (QED) is 0.164. The molecule has 3 rings (SSSR count). The van der Waals surface area contributed by atoms with E-state index >= 15 is 0 Å². The molecule has 0 spiro atoms. The Bertz CT molecular complexity index is 1030. The van der Waals surface area contributed by atoms with E-state index < -0.39 is 33.6 Å². The Morgan fingerprint density at radius 3 is 2.59 bits per heavy atom. The summed E-state index contributed by atoms with van der Waals surface area (Å²) in [4.78, 5) is 26.3. The molecule has 1 aromatic heterocycles. The monoisotopic (exact) mass is 648 g/mol. The fraction of sp³-hybridized carbons (Fsp3) is 0.741. The fourth-order valence-electron chi connectivity index (χ4n) is 4.92. The third-order valence-corrected chi connectivity index (χ3v) is 10.1. The minimum atomic E-state index is -1.24. The molecule has 8 nitrogen and oxygen atoms in total. The number of rotatable bonds is 3. The Balaban J connectivity index is 1.87. The summed E-state index contributed by atoms with van der Waals surface area (Å²) in [7, 11) is 1.89. The zero-order valence-corrected chi connectivity index (χ0v) is 25.8. The number of aliphatic hydroxyl groups is 2. The van der Waals surface area contributed by atoms with Crippen molar-refractivity contribution in [2.45, 2.75) is 106 Å². The molecule has 2 fully saturated rings. The predicted octanol–water partition coefficient (Wildman–Crippen LogP) is 4.34. The van der Waals surface area contributed by atoms with Gasteiger partial charge in [-0.2, -0.15) is 5.10 Å². The number of hydrogen-bond acceptors (Lipinski definition) is 8. The van der Waals surface area contributed by atoms with Gasteiger partial charge in [0.15, 0.2) is 5.78 Å². The summed E-state index contributed by atoms with van der Waals surface area (Å²) in [6.07, 6.45) is 3.83. The summed E-state index contributed by atoms with van der Waals surface area (Å²) in [6, 6.07) is 1.98. The Morgan fingerprint density at radius 2 is 1.97 bits per heavy atom. The van der Waals surface area contributed by atoms with Crippen LogP contribution < -0.4 is 0 Å². The minimum Gasteiger partial charge on any atom is -0.458 e. The van der Waals surface area contributed by atoms with Gasteiger partial charge in [-0.25, -0.2) is 0 Å². The molecule has 0 aliphatic carbocycles. The maximum Gasteiger partial charge on any atom is 0.309 e. The number of ether oxygens (including phenoxy) is 2. The summed E-state index contributed by atoms with van der Waals surface area (Å²) in [5, 5.41) is 27.3. The van der Waals surface area contributed by atoms with Gasteiger partial charge in [0, 0.05) is 13.5 Å². The average Bonchev–Trinajstić information content (AvgIpc) is 3.32. The molecule has 2 N–H and O–H groups in total. The lowest BCUT2D eigenvalue weighted by atomic mass is 9.77. The average molecular weight is 649 g/mol. The van der Waals surface area contributed by atoms with Crippen LogP contribution in [-0.2, 0) is 26.1 Å². The van der Waals surface area contributed by atoms with E-state index in [1.54, 1.807) is 25.6 Å². The number of halogens is 1. The largest absolute Gasteiger partial charge is 0.458 e. The lowest BCUT2D eigenvalue weighted by Gasteiger charge is -2.33. The normalized spacial score (nSPS) is 36.1. The van der Waals surface area contributed by atoms with E-state index in [2.05, 4.69) is 12.0 Å². The molecular formula is C27H41IN2O6S. The topological polar surface area (TPSA) is 114 Å². The van der Waals surface area contributed by atoms with Gasteiger partial charge in [-0.05, 0) is 56.6 Å². The molecule has 2 aliphatic heterocycles. The van der Waals surface area contributed by atoms with Gasteiger partial charge in [0.2, 0.25) is 0 Å². The molecule has 7 atom stereocenters. The van der Waals surface area contributed by atoms with E-state index in [1.165, 1.54) is 0 Å². The van der Waals surface area contributed by atoms with Crippen LogP contribution in [0.5, 0.6) is 0 Å². The molecule has 37 heavy (non-hydrogen) atoms. The molecule has 2 saturated heterocycles. The summed E-state index contributed by atoms with van der Waals surface area (Å²) in [6.45, 7) is 9.18. The van der Waals surface area contributed by atoms with Crippen LogP contribution in [0.2, 0.25) is 0 Å². The Labute approximate surface area is 238 Å². The Kier molecular flexibility index (Phi) is 9.97. The number of Topliss-reactive ketones (excluding diaryl/α,β-unsaturated/α-hetero) is 1. The summed E-state index contributed by atoms with van der Waals surface area (Å²) in [5.74, 6) is -0.935. The molecule has 0 saturated carbocycles. The molecule has 208 valence electrons. The number of hydrogen-bond donors (Lipinski definition) is 2. The van der Waals surface area contributed by atoms with Crippen LogP contribution in [0.15, 0.2) is 16.7 Å². The number of thioether (sulfide) groups is 1. The summed E-state index contributed by atoms with van der Waals surface area (Å²) in [5.41, 5.74) is 0.0834. The van der Waals surface area contributed by atoms with Crippen LogP contribution in [0.1, 0.15) is 72.4 Å². The van der Waals surface area contributed by atoms with Gasteiger partial charge in [0.05, 0.1) is 50.4 Å². The van der Waals surface area contributed by atoms with Crippen LogP contribution in [0.25, 0.3) is 6.08 Å². The molecule has 0 radical (unpaired) electrons. The highest BCUT2D eigenvalue weighted by atomic mass is 127. The van der Waals surface area contributed by atoms with E-state index in [4.69, 9.17) is 9.47 Å². The number of cyclic esters (lactones) is 1. The smallest absolute Gasteiger partial charge is 0.309 e. The molecule has 10 heteroatoms. The van der Waals surface area contributed by atoms with Crippen LogP contribution >= 0.6 is 34.4 Å². The van der Waals surface area contributed by atoms with Crippen LogP contribution in [0.4, 0.5) is 0 Å². The first-order valence-electron chi connectivity index (χ1n) is 12.9. The van der Waals surface area contributed by atoms with Crippen LogP contribution in [0, 0.1) is 11.3 Å². The van der Waals surface area contributed by atoms with Crippen molar-refractivity contribution in [1.82, 2.24) is 9.78 Å². The Morgan fingerprint density at radius 1 is 1.30 bits per heavy atom. The number of aromatic nitrogens is 2. The van der Waals surface area contributed by atoms with Gasteiger partial charge in [-0.1, -0.05) is 49.8 Å². The second-order valence-corrected chi connectivity index (χ2v) is 13.5. The van der Waals surface area contributed by atoms with Crippen molar-refractivity contribution in [1.29, 1.82) is 0 Å². The number of aliphatic hydroxyl groups excluding tert-OH is 2. The molecule has 3 heterocycles. The van der Waals surface area contributed by atoms with Gasteiger partial charge in [-0.3, -0.25) is 14.3 Å². The van der Waals surface area contributed by atoms with E-state index in [0.717, 1.165) is 35.6 Å². The second-order valence-electron chi connectivity index (χ2n) is 11.3.